The number of halogens is 4. The van der Waals surface area contributed by atoms with E-state index in [0.29, 0.717) is 6.61 Å². The van der Waals surface area contributed by atoms with Crippen LogP contribution in [0.3, 0.4) is 0 Å². The molecule has 0 aliphatic carbocycles. The number of rotatable bonds is 7. The Balaban J connectivity index is 2.58. The second-order valence-electron chi connectivity index (χ2n) is 4.35. The van der Waals surface area contributed by atoms with Gasteiger partial charge in [-0.1, -0.05) is 59.7 Å². The molecule has 0 unspecified atom stereocenters. The first-order valence-corrected chi connectivity index (χ1v) is 8.07. The van der Waals surface area contributed by atoms with E-state index in [1.54, 1.807) is 0 Å². The Kier molecular flexibility index (Phi) is 8.33. The molecule has 0 saturated carbocycles. The molecule has 0 bridgehead atoms. The minimum absolute atomic E-state index is 0.0186. The standard InChI is InChI=1S/C14H14Cl4O4/c1-2-3-6-21-10(19)4-5-11(20)22-14-12(17)8(15)7-9(16)13(14)18/h7H,2-6H2,1H3. The number of esters is 2. The van der Waals surface area contributed by atoms with Crippen molar-refractivity contribution < 1.29 is 19.1 Å². The summed E-state index contributed by atoms with van der Waals surface area (Å²) in [6.45, 7) is 2.32. The van der Waals surface area contributed by atoms with Gasteiger partial charge in [0.05, 0.1) is 29.5 Å². The monoisotopic (exact) mass is 386 g/mol. The van der Waals surface area contributed by atoms with Gasteiger partial charge in [-0.05, 0) is 12.5 Å². The molecule has 1 aromatic rings. The first kappa shape index (κ1) is 19.4. The van der Waals surface area contributed by atoms with Crippen LogP contribution < -0.4 is 4.74 Å². The topological polar surface area (TPSA) is 52.6 Å². The number of carbonyl (C=O) groups is 2. The van der Waals surface area contributed by atoms with E-state index in [4.69, 9.17) is 55.9 Å². The molecule has 0 saturated heterocycles. The normalized spacial score (nSPS) is 10.4. The predicted octanol–water partition coefficient (Wildman–Crippen LogP) is 5.33. The quantitative estimate of drug-likeness (QED) is 0.274. The van der Waals surface area contributed by atoms with Crippen LogP contribution in [0, 0.1) is 0 Å². The van der Waals surface area contributed by atoms with Gasteiger partial charge < -0.3 is 9.47 Å². The van der Waals surface area contributed by atoms with E-state index in [2.05, 4.69) is 0 Å². The summed E-state index contributed by atoms with van der Waals surface area (Å²) in [5.74, 6) is -1.27. The Labute approximate surface area is 148 Å². The van der Waals surface area contributed by atoms with Gasteiger partial charge >= 0.3 is 11.9 Å². The van der Waals surface area contributed by atoms with Gasteiger partial charge in [0, 0.05) is 0 Å². The van der Waals surface area contributed by atoms with Crippen molar-refractivity contribution in [2.75, 3.05) is 6.61 Å². The van der Waals surface area contributed by atoms with Gasteiger partial charge in [0.2, 0.25) is 0 Å². The van der Waals surface area contributed by atoms with Crippen LogP contribution in [0.1, 0.15) is 32.6 Å². The third kappa shape index (κ3) is 5.84. The lowest BCUT2D eigenvalue weighted by atomic mass is 10.3. The third-order valence-corrected chi connectivity index (χ3v) is 4.12. The summed E-state index contributed by atoms with van der Waals surface area (Å²) in [5.41, 5.74) is 0. The number of unbranched alkanes of at least 4 members (excludes halogenated alkanes) is 1. The zero-order valence-electron chi connectivity index (χ0n) is 11.8. The van der Waals surface area contributed by atoms with Gasteiger partial charge in [0.1, 0.15) is 10.0 Å². The molecule has 0 heterocycles. The molecule has 0 spiro atoms. The molecule has 0 fully saturated rings. The fourth-order valence-corrected chi connectivity index (χ4v) is 2.28. The summed E-state index contributed by atoms with van der Waals surface area (Å²) < 4.78 is 9.96. The molecule has 0 amide bonds. The van der Waals surface area contributed by atoms with Gasteiger partial charge in [-0.15, -0.1) is 0 Å². The molecular weight excluding hydrogens is 374 g/mol. The van der Waals surface area contributed by atoms with E-state index >= 15 is 0 Å². The van der Waals surface area contributed by atoms with Crippen LogP contribution in [0.2, 0.25) is 20.1 Å². The Hall–Kier alpha value is -0.680. The second-order valence-corrected chi connectivity index (χ2v) is 5.92. The predicted molar refractivity (Wildman–Crippen MR) is 87.2 cm³/mol. The summed E-state index contributed by atoms with van der Waals surface area (Å²) >= 11 is 23.5. The van der Waals surface area contributed by atoms with Crippen LogP contribution in [0.15, 0.2) is 6.07 Å². The Morgan fingerprint density at radius 1 is 1.00 bits per heavy atom. The van der Waals surface area contributed by atoms with E-state index < -0.39 is 11.9 Å². The highest BCUT2D eigenvalue weighted by Crippen LogP contribution is 2.42. The Bertz CT molecular complexity index is 534. The Morgan fingerprint density at radius 2 is 1.55 bits per heavy atom. The van der Waals surface area contributed by atoms with Crippen molar-refractivity contribution in [1.29, 1.82) is 0 Å². The van der Waals surface area contributed by atoms with Crippen LogP contribution >= 0.6 is 46.4 Å². The molecule has 0 atom stereocenters. The lowest BCUT2D eigenvalue weighted by Gasteiger charge is -2.10. The molecule has 122 valence electrons. The van der Waals surface area contributed by atoms with Crippen molar-refractivity contribution in [3.63, 3.8) is 0 Å². The molecule has 22 heavy (non-hydrogen) atoms. The van der Waals surface area contributed by atoms with Crippen LogP contribution in [0.5, 0.6) is 5.75 Å². The lowest BCUT2D eigenvalue weighted by molar-refractivity contribution is -0.147. The summed E-state index contributed by atoms with van der Waals surface area (Å²) in [4.78, 5) is 23.1. The molecule has 0 N–H and O–H groups in total. The van der Waals surface area contributed by atoms with Crippen molar-refractivity contribution in [3.8, 4) is 5.75 Å². The molecular formula is C14H14Cl4O4. The van der Waals surface area contributed by atoms with Gasteiger partial charge in [-0.25, -0.2) is 0 Å². The maximum Gasteiger partial charge on any atom is 0.311 e. The van der Waals surface area contributed by atoms with Gasteiger partial charge in [0.25, 0.3) is 0 Å². The van der Waals surface area contributed by atoms with Crippen LogP contribution in [0.25, 0.3) is 0 Å². The van der Waals surface area contributed by atoms with E-state index in [9.17, 15) is 9.59 Å². The van der Waals surface area contributed by atoms with Crippen molar-refractivity contribution in [2.24, 2.45) is 0 Å². The first-order chi connectivity index (χ1) is 10.4. The van der Waals surface area contributed by atoms with Crippen LogP contribution in [-0.2, 0) is 14.3 Å². The zero-order chi connectivity index (χ0) is 16.7. The van der Waals surface area contributed by atoms with E-state index in [1.807, 2.05) is 6.92 Å². The Morgan fingerprint density at radius 3 is 2.09 bits per heavy atom. The average molecular weight is 388 g/mol. The van der Waals surface area contributed by atoms with Gasteiger partial charge in [0.15, 0.2) is 5.75 Å². The molecule has 0 aromatic heterocycles. The van der Waals surface area contributed by atoms with Gasteiger partial charge in [-0.3, -0.25) is 9.59 Å². The SMILES string of the molecule is CCCCOC(=O)CCC(=O)Oc1c(Cl)c(Cl)cc(Cl)c1Cl. The summed E-state index contributed by atoms with van der Waals surface area (Å²) in [7, 11) is 0. The van der Waals surface area contributed by atoms with E-state index in [-0.39, 0.29) is 38.7 Å². The number of hydrogen-bond donors (Lipinski definition) is 0. The van der Waals surface area contributed by atoms with E-state index in [0.717, 1.165) is 12.8 Å². The smallest absolute Gasteiger partial charge is 0.311 e. The average Bonchev–Trinajstić information content (AvgIpc) is 2.48. The highest BCUT2D eigenvalue weighted by Gasteiger charge is 2.19. The van der Waals surface area contributed by atoms with E-state index in [1.165, 1.54) is 6.07 Å². The highest BCUT2D eigenvalue weighted by atomic mass is 35.5. The largest absolute Gasteiger partial charge is 0.466 e. The molecule has 0 aliphatic heterocycles. The minimum atomic E-state index is -0.686. The fourth-order valence-electron chi connectivity index (χ4n) is 1.41. The van der Waals surface area contributed by atoms with Crippen molar-refractivity contribution in [3.05, 3.63) is 26.2 Å². The maximum atomic E-state index is 11.7. The molecule has 0 aliphatic rings. The number of benzene rings is 1. The summed E-state index contributed by atoms with van der Waals surface area (Å²) in [5, 5.41) is 0.181. The zero-order valence-corrected chi connectivity index (χ0v) is 14.8. The number of ether oxygens (including phenoxy) is 2. The molecule has 1 aromatic carbocycles. The molecule has 1 rings (SSSR count). The minimum Gasteiger partial charge on any atom is -0.466 e. The maximum absolute atomic E-state index is 11.7. The van der Waals surface area contributed by atoms with Crippen molar-refractivity contribution in [2.45, 2.75) is 32.6 Å². The molecule has 8 heteroatoms. The summed E-state index contributed by atoms with van der Waals surface area (Å²) in [6, 6.07) is 1.34. The first-order valence-electron chi connectivity index (χ1n) is 6.56. The van der Waals surface area contributed by atoms with Crippen LogP contribution in [0.4, 0.5) is 0 Å². The van der Waals surface area contributed by atoms with Crippen LogP contribution in [-0.4, -0.2) is 18.5 Å². The number of hydrogen-bond acceptors (Lipinski definition) is 4. The highest BCUT2D eigenvalue weighted by molar-refractivity contribution is 6.48. The second kappa shape index (κ2) is 9.46. The molecule has 0 radical (unpaired) electrons. The number of carbonyl (C=O) groups excluding carboxylic acids is 2. The van der Waals surface area contributed by atoms with Gasteiger partial charge in [-0.2, -0.15) is 0 Å². The fraction of sp³-hybridized carbons (Fsp3) is 0.429. The lowest BCUT2D eigenvalue weighted by Crippen LogP contribution is -2.13. The van der Waals surface area contributed by atoms with Crippen molar-refractivity contribution >= 4 is 58.3 Å². The van der Waals surface area contributed by atoms with Crippen molar-refractivity contribution in [1.82, 2.24) is 0 Å². The summed E-state index contributed by atoms with van der Waals surface area (Å²) in [6.07, 6.45) is 1.44. The molecule has 4 nitrogen and oxygen atoms in total. The third-order valence-electron chi connectivity index (χ3n) is 2.58.